The van der Waals surface area contributed by atoms with Crippen LogP contribution in [0.15, 0.2) is 36.7 Å². The number of nitrogens with two attached hydrogens (primary N) is 1. The summed E-state index contributed by atoms with van der Waals surface area (Å²) in [5.74, 6) is -0.110. The molecule has 0 bridgehead atoms. The molecule has 0 aliphatic heterocycles. The second kappa shape index (κ2) is 5.81. The maximum atomic E-state index is 11.8. The van der Waals surface area contributed by atoms with E-state index in [2.05, 4.69) is 15.6 Å². The van der Waals surface area contributed by atoms with Gasteiger partial charge in [0.05, 0.1) is 6.20 Å². The molecule has 6 heteroatoms. The van der Waals surface area contributed by atoms with Crippen molar-refractivity contribution in [3.05, 3.63) is 42.2 Å². The predicted molar refractivity (Wildman–Crippen MR) is 67.8 cm³/mol. The summed E-state index contributed by atoms with van der Waals surface area (Å²) in [5, 5.41) is 10.4. The van der Waals surface area contributed by atoms with Gasteiger partial charge in [0.15, 0.2) is 0 Å². The molecular weight excluding hydrogens is 230 g/mol. The van der Waals surface area contributed by atoms with E-state index in [9.17, 15) is 4.79 Å². The molecule has 94 valence electrons. The molecule has 18 heavy (non-hydrogen) atoms. The zero-order chi connectivity index (χ0) is 12.8. The average Bonchev–Trinajstić information content (AvgIpc) is 2.87. The molecule has 0 spiro atoms. The van der Waals surface area contributed by atoms with Crippen LogP contribution in [0.25, 0.3) is 0 Å². The second-order valence-corrected chi connectivity index (χ2v) is 3.90. The van der Waals surface area contributed by atoms with Crippen molar-refractivity contribution >= 4 is 11.6 Å². The topological polar surface area (TPSA) is 85.8 Å². The van der Waals surface area contributed by atoms with E-state index < -0.39 is 0 Å². The van der Waals surface area contributed by atoms with Crippen LogP contribution >= 0.6 is 0 Å². The van der Waals surface area contributed by atoms with E-state index in [0.717, 1.165) is 13.0 Å². The third-order valence-electron chi connectivity index (χ3n) is 2.47. The Labute approximate surface area is 105 Å². The molecule has 1 aromatic carbocycles. The number of benzene rings is 1. The van der Waals surface area contributed by atoms with Crippen molar-refractivity contribution < 1.29 is 4.79 Å². The van der Waals surface area contributed by atoms with Crippen LogP contribution in [0.4, 0.5) is 5.69 Å². The van der Waals surface area contributed by atoms with E-state index in [0.29, 0.717) is 17.8 Å². The summed E-state index contributed by atoms with van der Waals surface area (Å²) in [7, 11) is 0. The van der Waals surface area contributed by atoms with E-state index in [1.165, 1.54) is 0 Å². The quantitative estimate of drug-likeness (QED) is 0.599. The lowest BCUT2D eigenvalue weighted by Crippen LogP contribution is -2.25. The lowest BCUT2D eigenvalue weighted by molar-refractivity contribution is 0.0952. The largest absolute Gasteiger partial charge is 0.399 e. The predicted octanol–water partition coefficient (Wildman–Crippen LogP) is 0.680. The summed E-state index contributed by atoms with van der Waals surface area (Å²) < 4.78 is 1.73. The van der Waals surface area contributed by atoms with Gasteiger partial charge in [0, 0.05) is 30.5 Å². The van der Waals surface area contributed by atoms with Crippen molar-refractivity contribution in [3.63, 3.8) is 0 Å². The minimum absolute atomic E-state index is 0.110. The fourth-order valence-corrected chi connectivity index (χ4v) is 1.58. The molecule has 1 aromatic heterocycles. The summed E-state index contributed by atoms with van der Waals surface area (Å²) in [5.41, 5.74) is 6.78. The number of aryl methyl sites for hydroxylation is 1. The molecule has 0 aliphatic rings. The highest BCUT2D eigenvalue weighted by Crippen LogP contribution is 2.05. The first-order valence-corrected chi connectivity index (χ1v) is 5.73. The Bertz CT molecular complexity index is 509. The van der Waals surface area contributed by atoms with Gasteiger partial charge in [-0.25, -0.2) is 0 Å². The van der Waals surface area contributed by atoms with Crippen LogP contribution in [0.3, 0.4) is 0 Å². The lowest BCUT2D eigenvalue weighted by Gasteiger charge is -2.05. The van der Waals surface area contributed by atoms with Gasteiger partial charge in [0.2, 0.25) is 0 Å². The maximum Gasteiger partial charge on any atom is 0.251 e. The highest BCUT2D eigenvalue weighted by Gasteiger charge is 2.04. The van der Waals surface area contributed by atoms with Gasteiger partial charge in [-0.2, -0.15) is 0 Å². The third-order valence-corrected chi connectivity index (χ3v) is 2.47. The van der Waals surface area contributed by atoms with Crippen molar-refractivity contribution in [2.75, 3.05) is 12.3 Å². The van der Waals surface area contributed by atoms with E-state index in [-0.39, 0.29) is 5.91 Å². The Kier molecular flexibility index (Phi) is 3.90. The number of carbonyl (C=O) groups is 1. The molecule has 0 aliphatic carbocycles. The van der Waals surface area contributed by atoms with Gasteiger partial charge < -0.3 is 11.1 Å². The Morgan fingerprint density at radius 2 is 2.33 bits per heavy atom. The molecule has 0 atom stereocenters. The number of carbonyl (C=O) groups excluding carboxylic acids is 1. The molecule has 3 N–H and O–H groups in total. The molecule has 0 saturated carbocycles. The Morgan fingerprint density at radius 1 is 1.44 bits per heavy atom. The van der Waals surface area contributed by atoms with Gasteiger partial charge in [0.1, 0.15) is 0 Å². The summed E-state index contributed by atoms with van der Waals surface area (Å²) in [6.07, 6.45) is 4.22. The number of nitrogens with zero attached hydrogens (tertiary/aromatic N) is 3. The van der Waals surface area contributed by atoms with Gasteiger partial charge in [0.25, 0.3) is 5.91 Å². The summed E-state index contributed by atoms with van der Waals surface area (Å²) in [6.45, 7) is 1.32. The Morgan fingerprint density at radius 3 is 3.06 bits per heavy atom. The number of aromatic nitrogens is 3. The van der Waals surface area contributed by atoms with Crippen LogP contribution in [0.2, 0.25) is 0 Å². The summed E-state index contributed by atoms with van der Waals surface area (Å²) >= 11 is 0. The number of nitrogen functional groups attached to an aromatic ring is 1. The van der Waals surface area contributed by atoms with Gasteiger partial charge in [-0.3, -0.25) is 9.48 Å². The zero-order valence-electron chi connectivity index (χ0n) is 9.91. The molecule has 2 rings (SSSR count). The minimum Gasteiger partial charge on any atom is -0.399 e. The molecule has 0 unspecified atom stereocenters. The number of hydrogen-bond acceptors (Lipinski definition) is 4. The first kappa shape index (κ1) is 12.1. The molecule has 2 aromatic rings. The van der Waals surface area contributed by atoms with E-state index in [1.807, 2.05) is 0 Å². The molecule has 0 radical (unpaired) electrons. The van der Waals surface area contributed by atoms with Gasteiger partial charge in [-0.15, -0.1) is 5.10 Å². The van der Waals surface area contributed by atoms with Crippen molar-refractivity contribution in [2.24, 2.45) is 0 Å². The van der Waals surface area contributed by atoms with Crippen molar-refractivity contribution in [1.29, 1.82) is 0 Å². The fourth-order valence-electron chi connectivity index (χ4n) is 1.58. The summed E-state index contributed by atoms with van der Waals surface area (Å²) in [4.78, 5) is 11.8. The summed E-state index contributed by atoms with van der Waals surface area (Å²) in [6, 6.07) is 6.91. The number of rotatable bonds is 5. The molecule has 1 heterocycles. The average molecular weight is 245 g/mol. The van der Waals surface area contributed by atoms with Crippen molar-refractivity contribution in [3.8, 4) is 0 Å². The van der Waals surface area contributed by atoms with E-state index >= 15 is 0 Å². The third kappa shape index (κ3) is 3.31. The van der Waals surface area contributed by atoms with E-state index in [1.54, 1.807) is 41.3 Å². The molecule has 0 fully saturated rings. The number of hydrogen-bond donors (Lipinski definition) is 2. The monoisotopic (exact) mass is 245 g/mol. The molecule has 1 amide bonds. The number of nitrogens with one attached hydrogen (secondary N) is 1. The van der Waals surface area contributed by atoms with Crippen molar-refractivity contribution in [1.82, 2.24) is 20.3 Å². The number of anilines is 1. The molecular formula is C12H15N5O. The van der Waals surface area contributed by atoms with Crippen LogP contribution in [0.5, 0.6) is 0 Å². The SMILES string of the molecule is Nc1cccc(C(=O)NCCCn2ccnn2)c1. The van der Waals surface area contributed by atoms with Crippen LogP contribution < -0.4 is 11.1 Å². The second-order valence-electron chi connectivity index (χ2n) is 3.90. The van der Waals surface area contributed by atoms with E-state index in [4.69, 9.17) is 5.73 Å². The van der Waals surface area contributed by atoms with Gasteiger partial charge in [-0.1, -0.05) is 11.3 Å². The van der Waals surface area contributed by atoms with Gasteiger partial charge >= 0.3 is 0 Å². The van der Waals surface area contributed by atoms with Crippen LogP contribution in [0, 0.1) is 0 Å². The highest BCUT2D eigenvalue weighted by molar-refractivity contribution is 5.94. The maximum absolute atomic E-state index is 11.8. The van der Waals surface area contributed by atoms with Crippen LogP contribution in [-0.4, -0.2) is 27.4 Å². The molecule has 6 nitrogen and oxygen atoms in total. The lowest BCUT2D eigenvalue weighted by atomic mass is 10.2. The number of amides is 1. The standard InChI is InChI=1S/C12H15N5O/c13-11-4-1-3-10(9-11)12(18)14-5-2-7-17-8-6-15-16-17/h1,3-4,6,8-9H,2,5,7,13H2,(H,14,18). The highest BCUT2D eigenvalue weighted by atomic mass is 16.1. The Hall–Kier alpha value is -2.37. The Balaban J connectivity index is 1.75. The normalized spacial score (nSPS) is 10.2. The smallest absolute Gasteiger partial charge is 0.251 e. The minimum atomic E-state index is -0.110. The van der Waals surface area contributed by atoms with Crippen LogP contribution in [0.1, 0.15) is 16.8 Å². The fraction of sp³-hybridized carbons (Fsp3) is 0.250. The first-order chi connectivity index (χ1) is 8.75. The van der Waals surface area contributed by atoms with Crippen molar-refractivity contribution in [2.45, 2.75) is 13.0 Å². The molecule has 0 saturated heterocycles. The first-order valence-electron chi connectivity index (χ1n) is 5.73. The van der Waals surface area contributed by atoms with Gasteiger partial charge in [-0.05, 0) is 24.6 Å². The zero-order valence-corrected chi connectivity index (χ0v) is 9.91. The van der Waals surface area contributed by atoms with Crippen LogP contribution in [-0.2, 0) is 6.54 Å².